The third-order valence-corrected chi connectivity index (χ3v) is 6.40. The van der Waals surface area contributed by atoms with Crippen LogP contribution in [0.2, 0.25) is 0 Å². The number of fused-ring (bicyclic) bond motifs is 1. The van der Waals surface area contributed by atoms with Gasteiger partial charge >= 0.3 is 0 Å². The Morgan fingerprint density at radius 2 is 2.04 bits per heavy atom. The Bertz CT molecular complexity index is 826. The van der Waals surface area contributed by atoms with Crippen LogP contribution in [-0.2, 0) is 4.79 Å². The second-order valence-electron chi connectivity index (χ2n) is 7.83. The summed E-state index contributed by atoms with van der Waals surface area (Å²) in [5.41, 5.74) is 4.79. The second-order valence-corrected chi connectivity index (χ2v) is 8.82. The van der Waals surface area contributed by atoms with Crippen LogP contribution in [0.5, 0.6) is 0 Å². The molecule has 0 radical (unpaired) electrons. The summed E-state index contributed by atoms with van der Waals surface area (Å²) >= 11 is 1.00. The molecule has 1 saturated heterocycles. The third kappa shape index (κ3) is 3.09. The smallest absolute Gasteiger partial charge is 0.293 e. The lowest BCUT2D eigenvalue weighted by Gasteiger charge is -2.45. The van der Waals surface area contributed by atoms with Crippen molar-refractivity contribution in [3.63, 3.8) is 0 Å². The topological polar surface area (TPSA) is 40.6 Å². The number of hydrogen-bond donors (Lipinski definition) is 0. The van der Waals surface area contributed by atoms with Crippen molar-refractivity contribution in [2.75, 3.05) is 18.5 Å². The molecule has 2 heterocycles. The van der Waals surface area contributed by atoms with Crippen molar-refractivity contribution in [1.29, 1.82) is 0 Å². The van der Waals surface area contributed by atoms with Crippen LogP contribution >= 0.6 is 11.8 Å². The number of hydrogen-bond acceptors (Lipinski definition) is 4. The van der Waals surface area contributed by atoms with Gasteiger partial charge in [0.25, 0.3) is 11.1 Å². The molecule has 26 heavy (non-hydrogen) atoms. The van der Waals surface area contributed by atoms with Gasteiger partial charge in [-0.1, -0.05) is 13.0 Å². The fraction of sp³-hybridized carbons (Fsp3) is 0.429. The zero-order valence-electron chi connectivity index (χ0n) is 16.1. The lowest BCUT2D eigenvalue weighted by molar-refractivity contribution is -0.122. The van der Waals surface area contributed by atoms with E-state index in [-0.39, 0.29) is 23.2 Å². The molecule has 0 N–H and O–H groups in total. The first-order valence-electron chi connectivity index (χ1n) is 8.90. The van der Waals surface area contributed by atoms with E-state index in [1.165, 1.54) is 16.2 Å². The van der Waals surface area contributed by atoms with Gasteiger partial charge in [-0.25, -0.2) is 0 Å². The minimum atomic E-state index is -0.233. The zero-order chi connectivity index (χ0) is 19.2. The number of thioether (sulfide) groups is 1. The van der Waals surface area contributed by atoms with Crippen molar-refractivity contribution in [2.45, 2.75) is 45.6 Å². The molecule has 0 bridgehead atoms. The molecule has 4 nitrogen and oxygen atoms in total. The lowest BCUT2D eigenvalue weighted by Crippen LogP contribution is -2.45. The second kappa shape index (κ2) is 6.62. The van der Waals surface area contributed by atoms with Gasteiger partial charge in [-0.2, -0.15) is 0 Å². The van der Waals surface area contributed by atoms with E-state index in [0.29, 0.717) is 10.8 Å². The molecule has 0 spiro atoms. The summed E-state index contributed by atoms with van der Waals surface area (Å²) in [5.74, 6) is 0.211. The largest absolute Gasteiger partial charge is 0.369 e. The Balaban J connectivity index is 2.01. The van der Waals surface area contributed by atoms with Gasteiger partial charge in [0.05, 0.1) is 4.91 Å². The Hall–Kier alpha value is -2.01. The molecule has 0 saturated carbocycles. The number of imide groups is 1. The van der Waals surface area contributed by atoms with Crippen molar-refractivity contribution < 1.29 is 9.59 Å². The molecule has 1 fully saturated rings. The number of anilines is 1. The molecular formula is C21H26N2O2S. The predicted octanol–water partition coefficient (Wildman–Crippen LogP) is 4.94. The van der Waals surface area contributed by atoms with Gasteiger partial charge in [0.2, 0.25) is 0 Å². The number of carbonyl (C=O) groups is 2. The molecule has 138 valence electrons. The van der Waals surface area contributed by atoms with Crippen LogP contribution in [0.1, 0.15) is 49.8 Å². The molecule has 2 aliphatic heterocycles. The van der Waals surface area contributed by atoms with Gasteiger partial charge in [0, 0.05) is 24.8 Å². The molecule has 0 aliphatic carbocycles. The van der Waals surface area contributed by atoms with Crippen molar-refractivity contribution in [2.24, 2.45) is 0 Å². The summed E-state index contributed by atoms with van der Waals surface area (Å²) in [6.45, 7) is 12.7. The van der Waals surface area contributed by atoms with Gasteiger partial charge in [-0.05, 0) is 79.8 Å². The van der Waals surface area contributed by atoms with E-state index in [0.717, 1.165) is 29.3 Å². The highest BCUT2D eigenvalue weighted by molar-refractivity contribution is 8.18. The van der Waals surface area contributed by atoms with Crippen molar-refractivity contribution in [3.8, 4) is 0 Å². The van der Waals surface area contributed by atoms with Crippen LogP contribution < -0.4 is 4.90 Å². The van der Waals surface area contributed by atoms with E-state index >= 15 is 0 Å². The average molecular weight is 371 g/mol. The van der Waals surface area contributed by atoms with Crippen LogP contribution in [0, 0.1) is 6.92 Å². The van der Waals surface area contributed by atoms with E-state index in [2.05, 4.69) is 58.4 Å². The highest BCUT2D eigenvalue weighted by Gasteiger charge is 2.36. The number of aryl methyl sites for hydroxylation is 1. The molecule has 0 aromatic heterocycles. The molecular weight excluding hydrogens is 344 g/mol. The highest BCUT2D eigenvalue weighted by atomic mass is 32.2. The summed E-state index contributed by atoms with van der Waals surface area (Å²) in [6, 6.07) is 4.38. The number of amides is 2. The molecule has 0 unspecified atom stereocenters. The molecule has 1 aromatic rings. The first-order chi connectivity index (χ1) is 12.2. The number of rotatable bonds is 3. The van der Waals surface area contributed by atoms with Crippen LogP contribution in [0.25, 0.3) is 6.08 Å². The molecule has 1 aromatic carbocycles. The highest BCUT2D eigenvalue weighted by Crippen LogP contribution is 2.44. The maximum absolute atomic E-state index is 12.5. The summed E-state index contributed by atoms with van der Waals surface area (Å²) < 4.78 is 0. The molecule has 2 aliphatic rings. The molecule has 3 rings (SSSR count). The fourth-order valence-corrected chi connectivity index (χ4v) is 4.66. The van der Waals surface area contributed by atoms with Gasteiger partial charge in [-0.3, -0.25) is 14.5 Å². The fourth-order valence-electron chi connectivity index (χ4n) is 3.82. The number of benzene rings is 1. The monoisotopic (exact) mass is 370 g/mol. The van der Waals surface area contributed by atoms with Crippen molar-refractivity contribution in [1.82, 2.24) is 4.90 Å². The lowest BCUT2D eigenvalue weighted by atomic mass is 9.79. The van der Waals surface area contributed by atoms with E-state index in [1.807, 2.05) is 6.08 Å². The van der Waals surface area contributed by atoms with Crippen molar-refractivity contribution in [3.05, 3.63) is 46.4 Å². The van der Waals surface area contributed by atoms with Gasteiger partial charge in [-0.15, -0.1) is 6.58 Å². The predicted molar refractivity (Wildman–Crippen MR) is 110 cm³/mol. The summed E-state index contributed by atoms with van der Waals surface area (Å²) in [7, 11) is 2.14. The Morgan fingerprint density at radius 1 is 1.35 bits per heavy atom. The van der Waals surface area contributed by atoms with E-state index < -0.39 is 0 Å². The first-order valence-corrected chi connectivity index (χ1v) is 9.72. The minimum Gasteiger partial charge on any atom is -0.369 e. The van der Waals surface area contributed by atoms with Crippen LogP contribution in [0.4, 0.5) is 10.5 Å². The normalized spacial score (nSPS) is 23.6. The quantitative estimate of drug-likeness (QED) is 0.558. The number of carbonyl (C=O) groups excluding carboxylic acids is 2. The maximum Gasteiger partial charge on any atom is 0.293 e. The van der Waals surface area contributed by atoms with E-state index in [4.69, 9.17) is 0 Å². The van der Waals surface area contributed by atoms with Gasteiger partial charge < -0.3 is 4.90 Å². The summed E-state index contributed by atoms with van der Waals surface area (Å²) in [4.78, 5) is 28.6. The maximum atomic E-state index is 12.5. The average Bonchev–Trinajstić information content (AvgIpc) is 2.82. The number of nitrogens with zero attached hydrogens (tertiary/aromatic N) is 2. The zero-order valence-corrected chi connectivity index (χ0v) is 16.9. The van der Waals surface area contributed by atoms with Crippen LogP contribution in [-0.4, -0.2) is 35.2 Å². The molecule has 2 amide bonds. The summed E-state index contributed by atoms with van der Waals surface area (Å²) in [6.07, 6.45) is 4.51. The van der Waals surface area contributed by atoms with Gasteiger partial charge in [0.15, 0.2) is 0 Å². The Morgan fingerprint density at radius 3 is 2.69 bits per heavy atom. The van der Waals surface area contributed by atoms with Crippen LogP contribution in [0.15, 0.2) is 29.7 Å². The minimum absolute atomic E-state index is 0.119. The summed E-state index contributed by atoms with van der Waals surface area (Å²) in [5, 5.41) is -0.230. The van der Waals surface area contributed by atoms with Crippen molar-refractivity contribution >= 4 is 34.7 Å². The first kappa shape index (κ1) is 18.8. The SMILES string of the molecule is C=CCN1C(=O)S/C(=C\c2cc3c(cc2C)N(C)C(C)(C)C[C@@H]3C)C1=O. The van der Waals surface area contributed by atoms with Crippen LogP contribution in [0.3, 0.4) is 0 Å². The van der Waals surface area contributed by atoms with Gasteiger partial charge in [0.1, 0.15) is 0 Å². The molecule has 1 atom stereocenters. The van der Waals surface area contributed by atoms with E-state index in [9.17, 15) is 9.59 Å². The Labute approximate surface area is 159 Å². The van der Waals surface area contributed by atoms with E-state index in [1.54, 1.807) is 6.08 Å². The molecule has 5 heteroatoms. The standard InChI is InChI=1S/C21H26N2O2S/c1-7-8-23-19(24)18(26-20(23)25)11-15-10-16-14(3)12-21(4,5)22(6)17(16)9-13(15)2/h7,9-11,14H,1,8,12H2,2-6H3/b18-11-/t14-/m0/s1. The Kier molecular flexibility index (Phi) is 4.78. The third-order valence-electron chi connectivity index (χ3n) is 5.49.